The van der Waals surface area contributed by atoms with E-state index in [1.165, 1.54) is 31.2 Å². The van der Waals surface area contributed by atoms with Gasteiger partial charge >= 0.3 is 0 Å². The standard InChI is InChI=1S/C13H17NO4S2/c1-10(15)11-2-4-13(5-3-11)20(17,18)14-12-6-8-19(16)9-7-12/h2-5,12,14H,6-9H2,1H3. The summed E-state index contributed by atoms with van der Waals surface area (Å²) < 4.78 is 38.3. The fourth-order valence-electron chi connectivity index (χ4n) is 2.07. The van der Waals surface area contributed by atoms with Crippen LogP contribution in [-0.2, 0) is 20.8 Å². The SMILES string of the molecule is CC(=O)c1ccc(S(=O)(=O)NC2CCS(=O)CC2)cc1. The predicted molar refractivity (Wildman–Crippen MR) is 77.7 cm³/mol. The van der Waals surface area contributed by atoms with Crippen molar-refractivity contribution in [1.29, 1.82) is 0 Å². The molecule has 7 heteroatoms. The molecule has 1 fully saturated rings. The average molecular weight is 315 g/mol. The van der Waals surface area contributed by atoms with E-state index in [2.05, 4.69) is 4.72 Å². The molecule has 0 saturated carbocycles. The van der Waals surface area contributed by atoms with Gasteiger partial charge < -0.3 is 0 Å². The van der Waals surface area contributed by atoms with Gasteiger partial charge in [-0.3, -0.25) is 9.00 Å². The van der Waals surface area contributed by atoms with Gasteiger partial charge in [-0.1, -0.05) is 12.1 Å². The Hall–Kier alpha value is -1.05. The molecule has 1 aliphatic rings. The number of ketones is 1. The molecule has 1 aliphatic heterocycles. The van der Waals surface area contributed by atoms with Crippen LogP contribution in [0.25, 0.3) is 0 Å². The first-order valence-corrected chi connectivity index (χ1v) is 9.34. The summed E-state index contributed by atoms with van der Waals surface area (Å²) in [6.45, 7) is 1.43. The van der Waals surface area contributed by atoms with Crippen LogP contribution in [0.15, 0.2) is 29.2 Å². The number of nitrogens with one attached hydrogen (secondary N) is 1. The lowest BCUT2D eigenvalue weighted by atomic mass is 10.2. The number of hydrogen-bond acceptors (Lipinski definition) is 4. The molecule has 1 heterocycles. The Kier molecular flexibility index (Phi) is 4.72. The first-order valence-electron chi connectivity index (χ1n) is 6.37. The van der Waals surface area contributed by atoms with Crippen LogP contribution >= 0.6 is 0 Å². The van der Waals surface area contributed by atoms with Gasteiger partial charge in [0, 0.05) is 33.9 Å². The smallest absolute Gasteiger partial charge is 0.240 e. The van der Waals surface area contributed by atoms with Crippen molar-refractivity contribution in [2.75, 3.05) is 11.5 Å². The molecule has 20 heavy (non-hydrogen) atoms. The molecule has 0 unspecified atom stereocenters. The highest BCUT2D eigenvalue weighted by atomic mass is 32.2. The van der Waals surface area contributed by atoms with Crippen LogP contribution in [0, 0.1) is 0 Å². The topological polar surface area (TPSA) is 80.3 Å². The minimum Gasteiger partial charge on any atom is -0.295 e. The van der Waals surface area contributed by atoms with Crippen LogP contribution in [0.5, 0.6) is 0 Å². The van der Waals surface area contributed by atoms with E-state index >= 15 is 0 Å². The summed E-state index contributed by atoms with van der Waals surface area (Å²) >= 11 is 0. The van der Waals surface area contributed by atoms with E-state index in [1.54, 1.807) is 0 Å². The largest absolute Gasteiger partial charge is 0.295 e. The second-order valence-corrected chi connectivity index (χ2v) is 8.23. The maximum absolute atomic E-state index is 12.2. The van der Waals surface area contributed by atoms with Crippen molar-refractivity contribution in [3.63, 3.8) is 0 Å². The molecule has 0 bridgehead atoms. The van der Waals surface area contributed by atoms with Crippen LogP contribution < -0.4 is 4.72 Å². The Morgan fingerprint density at radius 2 is 1.75 bits per heavy atom. The second-order valence-electron chi connectivity index (χ2n) is 4.82. The van der Waals surface area contributed by atoms with Gasteiger partial charge in [0.15, 0.2) is 5.78 Å². The Morgan fingerprint density at radius 3 is 2.25 bits per heavy atom. The van der Waals surface area contributed by atoms with Gasteiger partial charge in [-0.15, -0.1) is 0 Å². The molecular formula is C13H17NO4S2. The Morgan fingerprint density at radius 1 is 1.20 bits per heavy atom. The molecule has 0 radical (unpaired) electrons. The van der Waals surface area contributed by atoms with Crippen molar-refractivity contribution in [2.24, 2.45) is 0 Å². The number of Topliss-reactive ketones (excluding diaryl/α,β-unsaturated/α-hetero) is 1. The quantitative estimate of drug-likeness (QED) is 0.843. The fourth-order valence-corrected chi connectivity index (χ4v) is 4.67. The minimum absolute atomic E-state index is 0.100. The zero-order valence-corrected chi connectivity index (χ0v) is 12.8. The van der Waals surface area contributed by atoms with Crippen molar-refractivity contribution in [3.8, 4) is 0 Å². The third-order valence-corrected chi connectivity index (χ3v) is 6.20. The molecule has 5 nitrogen and oxygen atoms in total. The summed E-state index contributed by atoms with van der Waals surface area (Å²) in [5, 5.41) is 0. The van der Waals surface area contributed by atoms with E-state index in [1.807, 2.05) is 0 Å². The van der Waals surface area contributed by atoms with Gasteiger partial charge in [0.25, 0.3) is 0 Å². The average Bonchev–Trinajstić information content (AvgIpc) is 2.41. The highest BCUT2D eigenvalue weighted by Crippen LogP contribution is 2.15. The zero-order chi connectivity index (χ0) is 14.8. The van der Waals surface area contributed by atoms with E-state index in [0.717, 1.165) is 0 Å². The molecule has 1 saturated heterocycles. The van der Waals surface area contributed by atoms with Crippen molar-refractivity contribution in [2.45, 2.75) is 30.7 Å². The first kappa shape index (κ1) is 15.3. The molecule has 0 atom stereocenters. The Labute approximate surface area is 121 Å². The molecule has 0 amide bonds. The Bertz CT molecular complexity index is 612. The Balaban J connectivity index is 2.10. The van der Waals surface area contributed by atoms with Gasteiger partial charge in [0.2, 0.25) is 10.0 Å². The molecular weight excluding hydrogens is 298 g/mol. The van der Waals surface area contributed by atoms with Gasteiger partial charge in [-0.05, 0) is 31.9 Å². The number of hydrogen-bond donors (Lipinski definition) is 1. The molecule has 1 N–H and O–H groups in total. The number of sulfonamides is 1. The lowest BCUT2D eigenvalue weighted by Crippen LogP contribution is -2.39. The maximum Gasteiger partial charge on any atom is 0.240 e. The third kappa shape index (κ3) is 3.74. The van der Waals surface area contributed by atoms with Crippen LogP contribution in [0.2, 0.25) is 0 Å². The molecule has 2 rings (SSSR count). The summed E-state index contributed by atoms with van der Waals surface area (Å²) in [4.78, 5) is 11.3. The summed E-state index contributed by atoms with van der Waals surface area (Å²) in [5.74, 6) is 0.976. The maximum atomic E-state index is 12.2. The molecule has 1 aromatic rings. The van der Waals surface area contributed by atoms with Gasteiger partial charge in [-0.2, -0.15) is 0 Å². The van der Waals surface area contributed by atoms with Crippen molar-refractivity contribution in [1.82, 2.24) is 4.72 Å². The fraction of sp³-hybridized carbons (Fsp3) is 0.462. The van der Waals surface area contributed by atoms with Gasteiger partial charge in [-0.25, -0.2) is 13.1 Å². The van der Waals surface area contributed by atoms with E-state index in [-0.39, 0.29) is 16.7 Å². The second kappa shape index (κ2) is 6.15. The van der Waals surface area contributed by atoms with Gasteiger partial charge in [0.1, 0.15) is 0 Å². The van der Waals surface area contributed by atoms with Crippen LogP contribution in [0.4, 0.5) is 0 Å². The molecule has 0 spiro atoms. The third-order valence-electron chi connectivity index (χ3n) is 3.28. The number of carbonyl (C=O) groups is 1. The molecule has 1 aromatic carbocycles. The van der Waals surface area contributed by atoms with Crippen LogP contribution in [0.1, 0.15) is 30.1 Å². The molecule has 0 aliphatic carbocycles. The minimum atomic E-state index is -3.58. The van der Waals surface area contributed by atoms with Crippen LogP contribution in [-0.4, -0.2) is 36.0 Å². The van der Waals surface area contributed by atoms with Crippen LogP contribution in [0.3, 0.4) is 0 Å². The van der Waals surface area contributed by atoms with Crippen molar-refractivity contribution in [3.05, 3.63) is 29.8 Å². The summed E-state index contributed by atoms with van der Waals surface area (Å²) in [6, 6.07) is 5.71. The van der Waals surface area contributed by atoms with Gasteiger partial charge in [0.05, 0.1) is 4.90 Å². The summed E-state index contributed by atoms with van der Waals surface area (Å²) in [5.41, 5.74) is 0.483. The summed E-state index contributed by atoms with van der Waals surface area (Å²) in [7, 11) is -4.39. The predicted octanol–water partition coefficient (Wildman–Crippen LogP) is 1.08. The molecule has 110 valence electrons. The van der Waals surface area contributed by atoms with E-state index in [9.17, 15) is 17.4 Å². The normalized spacial score (nSPS) is 23.4. The highest BCUT2D eigenvalue weighted by molar-refractivity contribution is 7.89. The van der Waals surface area contributed by atoms with Crippen molar-refractivity contribution >= 4 is 26.6 Å². The zero-order valence-electron chi connectivity index (χ0n) is 11.2. The molecule has 0 aromatic heterocycles. The number of carbonyl (C=O) groups excluding carboxylic acids is 1. The summed E-state index contributed by atoms with van der Waals surface area (Å²) in [6.07, 6.45) is 1.19. The van der Waals surface area contributed by atoms with Crippen molar-refractivity contribution < 1.29 is 17.4 Å². The van der Waals surface area contributed by atoms with E-state index in [0.29, 0.717) is 29.9 Å². The monoisotopic (exact) mass is 315 g/mol. The lowest BCUT2D eigenvalue weighted by molar-refractivity contribution is 0.101. The lowest BCUT2D eigenvalue weighted by Gasteiger charge is -2.22. The van der Waals surface area contributed by atoms with E-state index < -0.39 is 20.8 Å². The van der Waals surface area contributed by atoms with E-state index in [4.69, 9.17) is 0 Å². The highest BCUT2D eigenvalue weighted by Gasteiger charge is 2.24. The first-order chi connectivity index (χ1) is 9.38. The number of rotatable bonds is 4. The number of benzene rings is 1.